The Morgan fingerprint density at radius 1 is 1.29 bits per heavy atom. The molecule has 1 fully saturated rings. The Morgan fingerprint density at radius 2 is 2.10 bits per heavy atom. The van der Waals surface area contributed by atoms with Gasteiger partial charge in [-0.15, -0.1) is 0 Å². The summed E-state index contributed by atoms with van der Waals surface area (Å²) in [6.07, 6.45) is 4.15. The molecule has 0 saturated carbocycles. The highest BCUT2D eigenvalue weighted by molar-refractivity contribution is 7.86. The Bertz CT molecular complexity index is 1160. The van der Waals surface area contributed by atoms with Gasteiger partial charge < -0.3 is 5.32 Å². The number of H-pyrrole nitrogens is 1. The second-order valence-corrected chi connectivity index (χ2v) is 9.85. The van der Waals surface area contributed by atoms with Gasteiger partial charge in [0.05, 0.1) is 6.20 Å². The fourth-order valence-corrected chi connectivity index (χ4v) is 4.93. The Hall–Kier alpha value is -2.82. The van der Waals surface area contributed by atoms with Gasteiger partial charge in [0.15, 0.2) is 0 Å². The van der Waals surface area contributed by atoms with Gasteiger partial charge in [-0.3, -0.25) is 5.10 Å². The summed E-state index contributed by atoms with van der Waals surface area (Å²) in [5.41, 5.74) is 3.28. The number of hydrogen-bond donors (Lipinski definition) is 2. The van der Waals surface area contributed by atoms with Gasteiger partial charge in [-0.05, 0) is 30.2 Å². The van der Waals surface area contributed by atoms with Crippen molar-refractivity contribution >= 4 is 16.0 Å². The van der Waals surface area contributed by atoms with E-state index >= 15 is 0 Å². The lowest BCUT2D eigenvalue weighted by molar-refractivity contribution is 0.418. The first-order chi connectivity index (χ1) is 14.9. The molecule has 4 rings (SSSR count). The van der Waals surface area contributed by atoms with Gasteiger partial charge in [-0.25, -0.2) is 9.37 Å². The number of rotatable bonds is 7. The lowest BCUT2D eigenvalue weighted by atomic mass is 9.97. The molecule has 2 aromatic heterocycles. The average molecular weight is 445 g/mol. The number of aromatic amines is 1. The van der Waals surface area contributed by atoms with E-state index in [4.69, 9.17) is 0 Å². The molecule has 3 heterocycles. The summed E-state index contributed by atoms with van der Waals surface area (Å²) in [6.45, 7) is 1.19. The molecule has 164 valence electrons. The molecule has 1 aliphatic rings. The zero-order chi connectivity index (χ0) is 22.0. The van der Waals surface area contributed by atoms with Crippen LogP contribution in [0.3, 0.4) is 0 Å². The van der Waals surface area contributed by atoms with Gasteiger partial charge in [0.25, 0.3) is 10.2 Å². The van der Waals surface area contributed by atoms with Gasteiger partial charge in [0, 0.05) is 62.7 Å². The number of hydrogen-bond acceptors (Lipinski definition) is 5. The van der Waals surface area contributed by atoms with Crippen molar-refractivity contribution in [2.24, 2.45) is 0 Å². The van der Waals surface area contributed by atoms with Gasteiger partial charge in [-0.1, -0.05) is 18.2 Å². The van der Waals surface area contributed by atoms with E-state index in [1.165, 1.54) is 28.8 Å². The van der Waals surface area contributed by atoms with E-state index < -0.39 is 10.2 Å². The van der Waals surface area contributed by atoms with Crippen LogP contribution in [0.4, 0.5) is 10.2 Å². The molecular formula is C21H25FN6O2S. The van der Waals surface area contributed by atoms with Gasteiger partial charge in [0.2, 0.25) is 0 Å². The number of benzene rings is 1. The monoisotopic (exact) mass is 444 g/mol. The number of nitrogens with one attached hydrogen (secondary N) is 2. The Labute approximate surface area is 181 Å². The molecule has 2 N–H and O–H groups in total. The molecule has 1 atom stereocenters. The molecule has 0 spiro atoms. The van der Waals surface area contributed by atoms with Crippen molar-refractivity contribution in [1.29, 1.82) is 0 Å². The average Bonchev–Trinajstić information content (AvgIpc) is 3.43. The minimum atomic E-state index is -3.44. The van der Waals surface area contributed by atoms with Crippen LogP contribution in [0.15, 0.2) is 48.8 Å². The molecular weight excluding hydrogens is 419 g/mol. The van der Waals surface area contributed by atoms with Crippen molar-refractivity contribution in [2.45, 2.75) is 18.9 Å². The van der Waals surface area contributed by atoms with Crippen molar-refractivity contribution in [3.8, 4) is 11.1 Å². The van der Waals surface area contributed by atoms with Crippen molar-refractivity contribution < 1.29 is 12.8 Å². The van der Waals surface area contributed by atoms with Gasteiger partial charge >= 0.3 is 0 Å². The summed E-state index contributed by atoms with van der Waals surface area (Å²) < 4.78 is 41.5. The summed E-state index contributed by atoms with van der Waals surface area (Å²) >= 11 is 0. The van der Waals surface area contributed by atoms with E-state index in [0.717, 1.165) is 16.8 Å². The molecule has 0 radical (unpaired) electrons. The third-order valence-corrected chi connectivity index (χ3v) is 7.41. The fourth-order valence-electron chi connectivity index (χ4n) is 3.76. The maximum Gasteiger partial charge on any atom is 0.281 e. The second-order valence-electron chi connectivity index (χ2n) is 7.71. The maximum absolute atomic E-state index is 13.9. The number of anilines is 1. The summed E-state index contributed by atoms with van der Waals surface area (Å²) in [5, 5.41) is 10.4. The van der Waals surface area contributed by atoms with Crippen LogP contribution in [-0.4, -0.2) is 59.4 Å². The second kappa shape index (κ2) is 8.74. The molecule has 0 amide bonds. The SMILES string of the molecule is CN(C)S(=O)(=O)N1CC[C@H](c2[nH]ncc2-c2ccnc(NCc3ccccc3F)c2)C1. The van der Waals surface area contributed by atoms with Crippen LogP contribution >= 0.6 is 0 Å². The lowest BCUT2D eigenvalue weighted by Crippen LogP contribution is -2.38. The Balaban J connectivity index is 1.51. The lowest BCUT2D eigenvalue weighted by Gasteiger charge is -2.20. The van der Waals surface area contributed by atoms with E-state index in [9.17, 15) is 12.8 Å². The van der Waals surface area contributed by atoms with Crippen LogP contribution in [0.2, 0.25) is 0 Å². The molecule has 1 aromatic carbocycles. The Kier molecular flexibility index (Phi) is 6.03. The largest absolute Gasteiger partial charge is 0.366 e. The van der Waals surface area contributed by atoms with Crippen LogP contribution in [0.1, 0.15) is 23.6 Å². The van der Waals surface area contributed by atoms with E-state index in [1.807, 2.05) is 12.1 Å². The zero-order valence-corrected chi connectivity index (χ0v) is 18.2. The molecule has 31 heavy (non-hydrogen) atoms. The number of nitrogens with zero attached hydrogens (tertiary/aromatic N) is 4. The molecule has 3 aromatic rings. The molecule has 0 aliphatic carbocycles. The topological polar surface area (TPSA) is 94.2 Å². The van der Waals surface area contributed by atoms with Crippen LogP contribution in [-0.2, 0) is 16.8 Å². The number of halogens is 1. The summed E-state index contributed by atoms with van der Waals surface area (Å²) in [4.78, 5) is 4.33. The fraction of sp³-hybridized carbons (Fsp3) is 0.333. The first-order valence-electron chi connectivity index (χ1n) is 10.0. The first kappa shape index (κ1) is 21.4. The normalized spacial score (nSPS) is 17.4. The Morgan fingerprint density at radius 3 is 2.87 bits per heavy atom. The van der Waals surface area contributed by atoms with Crippen molar-refractivity contribution in [2.75, 3.05) is 32.5 Å². The molecule has 0 bridgehead atoms. The summed E-state index contributed by atoms with van der Waals surface area (Å²) in [5.74, 6) is 0.382. The van der Waals surface area contributed by atoms with Crippen LogP contribution in [0.5, 0.6) is 0 Å². The third kappa shape index (κ3) is 4.46. The quantitative estimate of drug-likeness (QED) is 0.584. The number of aromatic nitrogens is 3. The predicted molar refractivity (Wildman–Crippen MR) is 117 cm³/mol. The number of pyridine rings is 1. The zero-order valence-electron chi connectivity index (χ0n) is 17.4. The minimum absolute atomic E-state index is 0.0233. The standard InChI is InChI=1S/C21H25FN6O2S/c1-27(2)31(29,30)28-10-8-17(14-28)21-18(13-25-26-21)15-7-9-23-20(11-15)24-12-16-5-3-4-6-19(16)22/h3-7,9,11,13,17H,8,10,12,14H2,1-2H3,(H,23,24)(H,25,26)/t17-/m0/s1. The summed E-state index contributed by atoms with van der Waals surface area (Å²) in [6, 6.07) is 10.4. The smallest absolute Gasteiger partial charge is 0.281 e. The van der Waals surface area contributed by atoms with Crippen molar-refractivity contribution in [1.82, 2.24) is 23.8 Å². The highest BCUT2D eigenvalue weighted by Gasteiger charge is 2.35. The minimum Gasteiger partial charge on any atom is -0.366 e. The van der Waals surface area contributed by atoms with E-state index in [0.29, 0.717) is 37.4 Å². The van der Waals surface area contributed by atoms with Crippen molar-refractivity contribution in [3.05, 3.63) is 65.9 Å². The van der Waals surface area contributed by atoms with E-state index in [1.54, 1.807) is 30.6 Å². The first-order valence-corrected chi connectivity index (χ1v) is 11.4. The van der Waals surface area contributed by atoms with Crippen LogP contribution in [0.25, 0.3) is 11.1 Å². The highest BCUT2D eigenvalue weighted by atomic mass is 32.2. The van der Waals surface area contributed by atoms with E-state index in [-0.39, 0.29) is 11.7 Å². The molecule has 8 nitrogen and oxygen atoms in total. The third-order valence-electron chi connectivity index (χ3n) is 5.50. The van der Waals surface area contributed by atoms with Gasteiger partial charge in [-0.2, -0.15) is 22.1 Å². The molecule has 1 aliphatic heterocycles. The molecule has 10 heteroatoms. The molecule has 0 unspecified atom stereocenters. The highest BCUT2D eigenvalue weighted by Crippen LogP contribution is 2.34. The van der Waals surface area contributed by atoms with Crippen LogP contribution < -0.4 is 5.32 Å². The van der Waals surface area contributed by atoms with Gasteiger partial charge in [0.1, 0.15) is 11.6 Å². The maximum atomic E-state index is 13.9. The van der Waals surface area contributed by atoms with E-state index in [2.05, 4.69) is 20.5 Å². The van der Waals surface area contributed by atoms with Crippen molar-refractivity contribution in [3.63, 3.8) is 0 Å². The molecule has 1 saturated heterocycles. The summed E-state index contributed by atoms with van der Waals surface area (Å²) in [7, 11) is -0.363. The predicted octanol–water partition coefficient (Wildman–Crippen LogP) is 2.82. The van der Waals surface area contributed by atoms with Crippen LogP contribution in [0, 0.1) is 5.82 Å².